The molecule has 1 aliphatic heterocycles. The van der Waals surface area contributed by atoms with Gasteiger partial charge in [-0.15, -0.1) is 11.8 Å². The molecule has 27 heavy (non-hydrogen) atoms. The van der Waals surface area contributed by atoms with Crippen LogP contribution < -0.4 is 14.8 Å². The Hall–Kier alpha value is -2.18. The lowest BCUT2D eigenvalue weighted by molar-refractivity contribution is -0.138. The molecule has 5 nitrogen and oxygen atoms in total. The summed E-state index contributed by atoms with van der Waals surface area (Å²) in [6.07, 6.45) is 0. The molecule has 1 aliphatic rings. The summed E-state index contributed by atoms with van der Waals surface area (Å²) in [6.45, 7) is 6.77. The summed E-state index contributed by atoms with van der Waals surface area (Å²) in [5.74, 6) is 1.06. The number of aryl methyl sites for hydroxylation is 3. The number of hydrogen-bond acceptors (Lipinski definition) is 5. The minimum atomic E-state index is -0.819. The molecule has 1 fully saturated rings. The van der Waals surface area contributed by atoms with Crippen LogP contribution in [0.4, 0.5) is 0 Å². The van der Waals surface area contributed by atoms with Crippen LogP contribution in [0.3, 0.4) is 0 Å². The van der Waals surface area contributed by atoms with Gasteiger partial charge >= 0.3 is 5.97 Å². The van der Waals surface area contributed by atoms with Gasteiger partial charge < -0.3 is 14.6 Å². The van der Waals surface area contributed by atoms with E-state index in [0.717, 1.165) is 5.56 Å². The summed E-state index contributed by atoms with van der Waals surface area (Å²) in [7, 11) is 1.61. The Kier molecular flexibility index (Phi) is 5.97. The van der Waals surface area contributed by atoms with Crippen molar-refractivity contribution < 1.29 is 19.4 Å². The fraction of sp³-hybridized carbons (Fsp3) is 0.381. The fourth-order valence-corrected chi connectivity index (χ4v) is 4.58. The molecule has 0 amide bonds. The van der Waals surface area contributed by atoms with Crippen LogP contribution in [0.5, 0.6) is 11.5 Å². The van der Waals surface area contributed by atoms with Crippen LogP contribution in [0, 0.1) is 20.8 Å². The molecule has 1 saturated heterocycles. The maximum atomic E-state index is 11.1. The largest absolute Gasteiger partial charge is 0.493 e. The zero-order valence-corrected chi connectivity index (χ0v) is 16.9. The number of aliphatic carboxylic acids is 1. The molecule has 0 radical (unpaired) electrons. The fourth-order valence-electron chi connectivity index (χ4n) is 3.36. The van der Waals surface area contributed by atoms with Gasteiger partial charge in [-0.25, -0.2) is 0 Å². The molecule has 2 N–H and O–H groups in total. The predicted octanol–water partition coefficient (Wildman–Crippen LogP) is 3.99. The molecule has 2 atom stereocenters. The van der Waals surface area contributed by atoms with E-state index in [1.165, 1.54) is 22.3 Å². The quantitative estimate of drug-likeness (QED) is 0.781. The van der Waals surface area contributed by atoms with Crippen molar-refractivity contribution in [1.29, 1.82) is 0 Å². The molecule has 2 aromatic rings. The Morgan fingerprint density at radius 1 is 1.19 bits per heavy atom. The Balaban J connectivity index is 1.75. The summed E-state index contributed by atoms with van der Waals surface area (Å²) in [5.41, 5.74) is 5.85. The first kappa shape index (κ1) is 19.6. The molecular formula is C21H25NO4S. The van der Waals surface area contributed by atoms with Crippen LogP contribution in [-0.2, 0) is 11.4 Å². The molecule has 0 aromatic heterocycles. The summed E-state index contributed by atoms with van der Waals surface area (Å²) < 4.78 is 11.6. The lowest BCUT2D eigenvalue weighted by Gasteiger charge is -2.17. The van der Waals surface area contributed by atoms with Crippen molar-refractivity contribution >= 4 is 17.7 Å². The van der Waals surface area contributed by atoms with E-state index in [4.69, 9.17) is 14.6 Å². The summed E-state index contributed by atoms with van der Waals surface area (Å²) in [6, 6.07) is 9.57. The van der Waals surface area contributed by atoms with Crippen molar-refractivity contribution in [1.82, 2.24) is 5.32 Å². The van der Waals surface area contributed by atoms with Gasteiger partial charge in [0.2, 0.25) is 0 Å². The second-order valence-electron chi connectivity index (χ2n) is 6.85. The maximum Gasteiger partial charge on any atom is 0.321 e. The lowest BCUT2D eigenvalue weighted by atomic mass is 10.0. The van der Waals surface area contributed by atoms with Crippen LogP contribution >= 0.6 is 11.8 Å². The van der Waals surface area contributed by atoms with Gasteiger partial charge in [-0.05, 0) is 55.2 Å². The number of carboxylic acids is 1. The van der Waals surface area contributed by atoms with Gasteiger partial charge in [-0.1, -0.05) is 23.8 Å². The average Bonchev–Trinajstić information content (AvgIpc) is 3.11. The molecule has 3 rings (SSSR count). The molecule has 2 aromatic carbocycles. The number of rotatable bonds is 6. The van der Waals surface area contributed by atoms with Gasteiger partial charge in [-0.2, -0.15) is 0 Å². The second-order valence-corrected chi connectivity index (χ2v) is 7.99. The number of nitrogens with one attached hydrogen (secondary N) is 1. The van der Waals surface area contributed by atoms with Gasteiger partial charge in [0.1, 0.15) is 12.6 Å². The first-order valence-corrected chi connectivity index (χ1v) is 9.92. The highest BCUT2D eigenvalue weighted by molar-refractivity contribution is 7.99. The van der Waals surface area contributed by atoms with Crippen LogP contribution in [0.1, 0.15) is 33.2 Å². The molecule has 0 unspecified atom stereocenters. The Labute approximate surface area is 164 Å². The molecule has 6 heteroatoms. The van der Waals surface area contributed by atoms with Crippen LogP contribution in [0.15, 0.2) is 30.3 Å². The number of thioether (sulfide) groups is 1. The van der Waals surface area contributed by atoms with Gasteiger partial charge in [0.05, 0.1) is 12.5 Å². The van der Waals surface area contributed by atoms with E-state index in [9.17, 15) is 4.79 Å². The third kappa shape index (κ3) is 4.39. The van der Waals surface area contributed by atoms with Crippen LogP contribution in [-0.4, -0.2) is 30.0 Å². The molecule has 0 spiro atoms. The minimum Gasteiger partial charge on any atom is -0.493 e. The van der Waals surface area contributed by atoms with E-state index in [2.05, 4.69) is 38.2 Å². The van der Waals surface area contributed by atoms with E-state index in [1.54, 1.807) is 18.9 Å². The van der Waals surface area contributed by atoms with Gasteiger partial charge in [0.25, 0.3) is 0 Å². The Bertz CT molecular complexity index is 829. The van der Waals surface area contributed by atoms with Crippen molar-refractivity contribution in [3.05, 3.63) is 58.1 Å². The van der Waals surface area contributed by atoms with Crippen molar-refractivity contribution in [2.24, 2.45) is 0 Å². The van der Waals surface area contributed by atoms with Gasteiger partial charge in [-0.3, -0.25) is 10.1 Å². The van der Waals surface area contributed by atoms with Gasteiger partial charge in [0, 0.05) is 5.75 Å². The standard InChI is InChI=1S/C21H25NO4S/c1-12-7-13(2)16(14(3)8-12)10-26-18-6-5-15(9-19(18)25-4)20-22-17(11-27-20)21(23)24/h5-9,17,20,22H,10-11H2,1-4H3,(H,23,24)/t17-,20-/m1/s1. The highest BCUT2D eigenvalue weighted by Crippen LogP contribution is 2.37. The average molecular weight is 388 g/mol. The Morgan fingerprint density at radius 3 is 2.48 bits per heavy atom. The number of hydrogen-bond donors (Lipinski definition) is 2. The van der Waals surface area contributed by atoms with Gasteiger partial charge in [0.15, 0.2) is 11.5 Å². The molecule has 1 heterocycles. The smallest absolute Gasteiger partial charge is 0.321 e. The number of methoxy groups -OCH3 is 1. The summed E-state index contributed by atoms with van der Waals surface area (Å²) >= 11 is 1.58. The Morgan fingerprint density at radius 2 is 1.89 bits per heavy atom. The van der Waals surface area contributed by atoms with E-state index >= 15 is 0 Å². The van der Waals surface area contributed by atoms with Crippen molar-refractivity contribution in [2.45, 2.75) is 38.8 Å². The lowest BCUT2D eigenvalue weighted by Crippen LogP contribution is -2.33. The molecule has 144 valence electrons. The molecular weight excluding hydrogens is 362 g/mol. The monoisotopic (exact) mass is 387 g/mol. The van der Waals surface area contributed by atoms with E-state index in [-0.39, 0.29) is 5.37 Å². The molecule has 0 saturated carbocycles. The topological polar surface area (TPSA) is 67.8 Å². The van der Waals surface area contributed by atoms with Crippen molar-refractivity contribution in [2.75, 3.05) is 12.9 Å². The number of benzene rings is 2. The normalized spacial score (nSPS) is 19.1. The summed E-state index contributed by atoms with van der Waals surface area (Å²) in [4.78, 5) is 11.1. The molecule has 0 aliphatic carbocycles. The zero-order chi connectivity index (χ0) is 19.6. The number of ether oxygens (including phenoxy) is 2. The first-order valence-electron chi connectivity index (χ1n) is 8.87. The highest BCUT2D eigenvalue weighted by atomic mass is 32.2. The van der Waals surface area contributed by atoms with Crippen LogP contribution in [0.25, 0.3) is 0 Å². The summed E-state index contributed by atoms with van der Waals surface area (Å²) in [5, 5.41) is 12.2. The number of carboxylic acid groups (broad SMARTS) is 1. The second kappa shape index (κ2) is 8.23. The first-order chi connectivity index (χ1) is 12.9. The van der Waals surface area contributed by atoms with Crippen molar-refractivity contribution in [3.8, 4) is 11.5 Å². The number of carbonyl (C=O) groups is 1. The third-order valence-electron chi connectivity index (χ3n) is 4.78. The minimum absolute atomic E-state index is 0.0596. The van der Waals surface area contributed by atoms with E-state index < -0.39 is 12.0 Å². The van der Waals surface area contributed by atoms with E-state index in [1.807, 2.05) is 18.2 Å². The third-order valence-corrected chi connectivity index (χ3v) is 6.05. The SMILES string of the molecule is COc1cc([C@@H]2N[C@@H](C(=O)O)CS2)ccc1OCc1c(C)cc(C)cc1C. The zero-order valence-electron chi connectivity index (χ0n) is 16.0. The molecule has 0 bridgehead atoms. The van der Waals surface area contributed by atoms with Crippen molar-refractivity contribution in [3.63, 3.8) is 0 Å². The predicted molar refractivity (Wildman–Crippen MR) is 108 cm³/mol. The highest BCUT2D eigenvalue weighted by Gasteiger charge is 2.30. The van der Waals surface area contributed by atoms with E-state index in [0.29, 0.717) is 23.9 Å². The maximum absolute atomic E-state index is 11.1. The van der Waals surface area contributed by atoms with Crippen LogP contribution in [0.2, 0.25) is 0 Å².